The second kappa shape index (κ2) is 5.60. The number of fused-ring (bicyclic) bond motifs is 1. The molecule has 2 heterocycles. The molecule has 0 spiro atoms. The third kappa shape index (κ3) is 2.60. The van der Waals surface area contributed by atoms with Gasteiger partial charge in [-0.25, -0.2) is 13.8 Å². The van der Waals surface area contributed by atoms with E-state index < -0.39 is 11.6 Å². The molecule has 1 aromatic carbocycles. The van der Waals surface area contributed by atoms with E-state index in [9.17, 15) is 8.78 Å². The number of aromatic nitrogens is 2. The normalized spacial score (nSPS) is 18.2. The Kier molecular flexibility index (Phi) is 3.80. The maximum Gasteiger partial charge on any atom is 0.201 e. The Morgan fingerprint density at radius 1 is 1.24 bits per heavy atom. The minimum absolute atomic E-state index is 0.163. The Hall–Kier alpha value is -1.69. The molecular weight excluding hydrogens is 274 g/mol. The molecule has 6 heteroatoms. The van der Waals surface area contributed by atoms with Crippen LogP contribution in [0.15, 0.2) is 12.1 Å². The van der Waals surface area contributed by atoms with E-state index in [4.69, 9.17) is 5.73 Å². The first-order valence-electron chi connectivity index (χ1n) is 7.41. The third-order valence-electron chi connectivity index (χ3n) is 4.29. The molecule has 2 N–H and O–H groups in total. The molecule has 1 aliphatic heterocycles. The van der Waals surface area contributed by atoms with Gasteiger partial charge in [0.05, 0.1) is 5.52 Å². The highest BCUT2D eigenvalue weighted by molar-refractivity contribution is 5.79. The highest BCUT2D eigenvalue weighted by atomic mass is 19.2. The first-order chi connectivity index (χ1) is 10.1. The number of piperidine rings is 1. The van der Waals surface area contributed by atoms with Gasteiger partial charge in [-0.3, -0.25) is 4.90 Å². The molecule has 2 aromatic rings. The number of likely N-dealkylation sites (tertiary alicyclic amines) is 1. The standard InChI is InChI=1S/C15H20F2N4/c1-10(20-7-3-2-4-8-20)9-21-14-12(19-15(21)18)6-5-11(16)13(14)17/h5-6,10H,2-4,7-9H2,1H3,(H2,18,19). The molecule has 1 fully saturated rings. The van der Waals surface area contributed by atoms with Crippen LogP contribution in [0.25, 0.3) is 11.0 Å². The van der Waals surface area contributed by atoms with Crippen molar-refractivity contribution in [1.82, 2.24) is 14.5 Å². The van der Waals surface area contributed by atoms with Crippen LogP contribution in [0.3, 0.4) is 0 Å². The van der Waals surface area contributed by atoms with Crippen molar-refractivity contribution in [2.24, 2.45) is 0 Å². The molecule has 1 saturated heterocycles. The molecule has 1 aliphatic rings. The van der Waals surface area contributed by atoms with Gasteiger partial charge in [-0.15, -0.1) is 0 Å². The fourth-order valence-corrected chi connectivity index (χ4v) is 3.10. The van der Waals surface area contributed by atoms with Gasteiger partial charge in [0.1, 0.15) is 5.52 Å². The number of halogens is 2. The van der Waals surface area contributed by atoms with Crippen molar-refractivity contribution in [3.63, 3.8) is 0 Å². The highest BCUT2D eigenvalue weighted by Gasteiger charge is 2.21. The molecule has 0 amide bonds. The Morgan fingerprint density at radius 3 is 2.67 bits per heavy atom. The highest BCUT2D eigenvalue weighted by Crippen LogP contribution is 2.24. The van der Waals surface area contributed by atoms with Crippen molar-refractivity contribution in [1.29, 1.82) is 0 Å². The van der Waals surface area contributed by atoms with Gasteiger partial charge in [0.25, 0.3) is 0 Å². The maximum absolute atomic E-state index is 14.1. The lowest BCUT2D eigenvalue weighted by Gasteiger charge is -2.32. The van der Waals surface area contributed by atoms with Crippen LogP contribution in [-0.4, -0.2) is 33.6 Å². The number of anilines is 1. The molecule has 21 heavy (non-hydrogen) atoms. The van der Waals surface area contributed by atoms with E-state index >= 15 is 0 Å². The maximum atomic E-state index is 14.1. The van der Waals surface area contributed by atoms with E-state index in [0.29, 0.717) is 12.1 Å². The van der Waals surface area contributed by atoms with Crippen LogP contribution in [0.1, 0.15) is 26.2 Å². The average Bonchev–Trinajstić information content (AvgIpc) is 2.81. The van der Waals surface area contributed by atoms with Gasteiger partial charge in [0.2, 0.25) is 5.95 Å². The topological polar surface area (TPSA) is 47.1 Å². The largest absolute Gasteiger partial charge is 0.369 e. The first kappa shape index (κ1) is 14.3. The van der Waals surface area contributed by atoms with Crippen molar-refractivity contribution in [2.45, 2.75) is 38.8 Å². The van der Waals surface area contributed by atoms with Gasteiger partial charge < -0.3 is 10.3 Å². The molecule has 4 nitrogen and oxygen atoms in total. The summed E-state index contributed by atoms with van der Waals surface area (Å²) in [6.45, 7) is 4.70. The number of imidazole rings is 1. The lowest BCUT2D eigenvalue weighted by Crippen LogP contribution is -2.40. The monoisotopic (exact) mass is 294 g/mol. The summed E-state index contributed by atoms with van der Waals surface area (Å²) in [5.41, 5.74) is 6.46. The summed E-state index contributed by atoms with van der Waals surface area (Å²) in [6, 6.07) is 2.77. The van der Waals surface area contributed by atoms with Crippen LogP contribution >= 0.6 is 0 Å². The molecule has 0 radical (unpaired) electrons. The van der Waals surface area contributed by atoms with Crippen LogP contribution in [-0.2, 0) is 6.54 Å². The fraction of sp³-hybridized carbons (Fsp3) is 0.533. The molecule has 3 rings (SSSR count). The lowest BCUT2D eigenvalue weighted by molar-refractivity contribution is 0.161. The van der Waals surface area contributed by atoms with Crippen LogP contribution in [0.5, 0.6) is 0 Å². The Bertz CT molecular complexity index is 647. The lowest BCUT2D eigenvalue weighted by atomic mass is 10.1. The number of nitrogens with zero attached hydrogens (tertiary/aromatic N) is 3. The summed E-state index contributed by atoms with van der Waals surface area (Å²) in [5.74, 6) is -1.50. The van der Waals surface area contributed by atoms with Gasteiger partial charge in [0.15, 0.2) is 11.6 Å². The Morgan fingerprint density at radius 2 is 1.95 bits per heavy atom. The van der Waals surface area contributed by atoms with E-state index in [-0.39, 0.29) is 17.5 Å². The molecule has 0 saturated carbocycles. The zero-order valence-corrected chi connectivity index (χ0v) is 12.1. The van der Waals surface area contributed by atoms with Crippen molar-refractivity contribution in [3.8, 4) is 0 Å². The molecule has 1 atom stereocenters. The molecule has 0 aliphatic carbocycles. The molecule has 1 aromatic heterocycles. The van der Waals surface area contributed by atoms with Crippen LogP contribution in [0.4, 0.5) is 14.7 Å². The third-order valence-corrected chi connectivity index (χ3v) is 4.29. The van der Waals surface area contributed by atoms with E-state index in [1.54, 1.807) is 4.57 Å². The van der Waals surface area contributed by atoms with Gasteiger partial charge in [-0.1, -0.05) is 6.42 Å². The Balaban J connectivity index is 1.92. The molecule has 114 valence electrons. The predicted molar refractivity (Wildman–Crippen MR) is 78.9 cm³/mol. The minimum Gasteiger partial charge on any atom is -0.369 e. The van der Waals surface area contributed by atoms with Crippen molar-refractivity contribution < 1.29 is 8.78 Å². The SMILES string of the molecule is CC(Cn1c(N)nc2ccc(F)c(F)c21)N1CCCCC1. The summed E-state index contributed by atoms with van der Waals surface area (Å²) in [5, 5.41) is 0. The predicted octanol–water partition coefficient (Wildman–Crippen LogP) is 2.77. The number of rotatable bonds is 3. The molecule has 0 bridgehead atoms. The van der Waals surface area contributed by atoms with Gasteiger partial charge in [-0.2, -0.15) is 0 Å². The van der Waals surface area contributed by atoms with Gasteiger partial charge >= 0.3 is 0 Å². The summed E-state index contributed by atoms with van der Waals surface area (Å²) in [6.07, 6.45) is 3.64. The van der Waals surface area contributed by atoms with Crippen molar-refractivity contribution >= 4 is 17.0 Å². The smallest absolute Gasteiger partial charge is 0.201 e. The summed E-state index contributed by atoms with van der Waals surface area (Å²) in [7, 11) is 0. The van der Waals surface area contributed by atoms with E-state index in [0.717, 1.165) is 19.2 Å². The molecular formula is C15H20F2N4. The zero-order chi connectivity index (χ0) is 15.0. The second-order valence-corrected chi connectivity index (χ2v) is 5.76. The zero-order valence-electron chi connectivity index (χ0n) is 12.1. The van der Waals surface area contributed by atoms with Gasteiger partial charge in [-0.05, 0) is 45.0 Å². The van der Waals surface area contributed by atoms with Crippen molar-refractivity contribution in [3.05, 3.63) is 23.8 Å². The van der Waals surface area contributed by atoms with E-state index in [1.165, 1.54) is 25.3 Å². The number of hydrogen-bond donors (Lipinski definition) is 1. The van der Waals surface area contributed by atoms with Crippen LogP contribution in [0.2, 0.25) is 0 Å². The first-order valence-corrected chi connectivity index (χ1v) is 7.41. The van der Waals surface area contributed by atoms with Crippen LogP contribution in [0, 0.1) is 11.6 Å². The van der Waals surface area contributed by atoms with E-state index in [1.807, 2.05) is 0 Å². The summed E-state index contributed by atoms with van der Waals surface area (Å²) < 4.78 is 29.1. The molecule has 1 unspecified atom stereocenters. The minimum atomic E-state index is -0.873. The van der Waals surface area contributed by atoms with Gasteiger partial charge in [0, 0.05) is 12.6 Å². The van der Waals surface area contributed by atoms with E-state index in [2.05, 4.69) is 16.8 Å². The van der Waals surface area contributed by atoms with Crippen molar-refractivity contribution in [2.75, 3.05) is 18.8 Å². The Labute approximate surface area is 122 Å². The fourth-order valence-electron chi connectivity index (χ4n) is 3.10. The quantitative estimate of drug-likeness (QED) is 0.947. The summed E-state index contributed by atoms with van der Waals surface area (Å²) >= 11 is 0. The summed E-state index contributed by atoms with van der Waals surface area (Å²) in [4.78, 5) is 6.50. The number of hydrogen-bond acceptors (Lipinski definition) is 3. The number of nitrogen functional groups attached to an aromatic ring is 1. The second-order valence-electron chi connectivity index (χ2n) is 5.76. The average molecular weight is 294 g/mol. The number of nitrogens with two attached hydrogens (primary N) is 1. The number of benzene rings is 1. The van der Waals surface area contributed by atoms with Crippen LogP contribution < -0.4 is 5.73 Å².